The van der Waals surface area contributed by atoms with Crippen LogP contribution >= 0.6 is 0 Å². The molecule has 1 atom stereocenters. The van der Waals surface area contributed by atoms with Gasteiger partial charge in [-0.2, -0.15) is 0 Å². The minimum absolute atomic E-state index is 0.447. The van der Waals surface area contributed by atoms with Crippen molar-refractivity contribution in [3.63, 3.8) is 0 Å². The molecular weight excluding hydrogens is 256 g/mol. The van der Waals surface area contributed by atoms with Gasteiger partial charge < -0.3 is 10.2 Å². The van der Waals surface area contributed by atoms with Crippen molar-refractivity contribution >= 4 is 0 Å². The lowest BCUT2D eigenvalue weighted by molar-refractivity contribution is 0.174. The number of hydrogen-bond acceptors (Lipinski definition) is 2. The standard InChI is InChI=1S/C19H32N2/c1-5-20-19(18-12-11-15(2)13-16(18)3)14-21(4)17-9-7-6-8-10-17/h11-13,17,19-20H,5-10,14H2,1-4H3. The van der Waals surface area contributed by atoms with Crippen molar-refractivity contribution in [2.75, 3.05) is 20.1 Å². The summed E-state index contributed by atoms with van der Waals surface area (Å²) in [6, 6.07) is 8.09. The zero-order valence-electron chi connectivity index (χ0n) is 14.3. The predicted octanol–water partition coefficient (Wildman–Crippen LogP) is 4.22. The van der Waals surface area contributed by atoms with Crippen LogP contribution in [0.1, 0.15) is 61.8 Å². The van der Waals surface area contributed by atoms with Gasteiger partial charge in [-0.05, 0) is 51.4 Å². The molecule has 1 aliphatic carbocycles. The molecule has 2 nitrogen and oxygen atoms in total. The minimum atomic E-state index is 0.447. The Morgan fingerprint density at radius 3 is 2.52 bits per heavy atom. The van der Waals surface area contributed by atoms with Crippen LogP contribution in [0.5, 0.6) is 0 Å². The third kappa shape index (κ3) is 4.55. The minimum Gasteiger partial charge on any atom is -0.309 e. The van der Waals surface area contributed by atoms with Crippen LogP contribution in [-0.4, -0.2) is 31.1 Å². The number of nitrogens with zero attached hydrogens (tertiary/aromatic N) is 1. The third-order valence-electron chi connectivity index (χ3n) is 4.92. The summed E-state index contributed by atoms with van der Waals surface area (Å²) in [6.45, 7) is 8.76. The Kier molecular flexibility index (Phi) is 6.25. The van der Waals surface area contributed by atoms with E-state index in [0.717, 1.165) is 19.1 Å². The molecule has 2 rings (SSSR count). The highest BCUT2D eigenvalue weighted by Gasteiger charge is 2.22. The number of aryl methyl sites for hydroxylation is 2. The van der Waals surface area contributed by atoms with Gasteiger partial charge in [0.05, 0.1) is 0 Å². The fourth-order valence-electron chi connectivity index (χ4n) is 3.69. The Morgan fingerprint density at radius 1 is 1.19 bits per heavy atom. The first-order valence-electron chi connectivity index (χ1n) is 8.62. The summed E-state index contributed by atoms with van der Waals surface area (Å²) in [5.41, 5.74) is 4.23. The third-order valence-corrected chi connectivity index (χ3v) is 4.92. The van der Waals surface area contributed by atoms with Crippen LogP contribution in [0.2, 0.25) is 0 Å². The summed E-state index contributed by atoms with van der Waals surface area (Å²) >= 11 is 0. The lowest BCUT2D eigenvalue weighted by Gasteiger charge is -2.34. The Labute approximate surface area is 130 Å². The Balaban J connectivity index is 2.07. The van der Waals surface area contributed by atoms with Crippen LogP contribution in [0, 0.1) is 13.8 Å². The first kappa shape index (κ1) is 16.5. The zero-order chi connectivity index (χ0) is 15.2. The number of rotatable bonds is 6. The van der Waals surface area contributed by atoms with Gasteiger partial charge in [0.1, 0.15) is 0 Å². The number of nitrogens with one attached hydrogen (secondary N) is 1. The average Bonchev–Trinajstić information content (AvgIpc) is 2.48. The quantitative estimate of drug-likeness (QED) is 0.843. The second-order valence-corrected chi connectivity index (χ2v) is 6.70. The SMILES string of the molecule is CCNC(CN(C)C1CCCCC1)c1ccc(C)cc1C. The molecule has 1 aromatic carbocycles. The van der Waals surface area contributed by atoms with E-state index in [1.165, 1.54) is 48.8 Å². The fourth-order valence-corrected chi connectivity index (χ4v) is 3.69. The second kappa shape index (κ2) is 7.95. The van der Waals surface area contributed by atoms with Crippen LogP contribution in [0.15, 0.2) is 18.2 Å². The summed E-state index contributed by atoms with van der Waals surface area (Å²) in [6.07, 6.45) is 7.00. The smallest absolute Gasteiger partial charge is 0.0451 e. The molecule has 0 aromatic heterocycles. The highest BCUT2D eigenvalue weighted by Crippen LogP contribution is 2.25. The van der Waals surface area contributed by atoms with Gasteiger partial charge in [-0.1, -0.05) is 49.9 Å². The van der Waals surface area contributed by atoms with E-state index in [1.807, 2.05) is 0 Å². The van der Waals surface area contributed by atoms with Crippen LogP contribution < -0.4 is 5.32 Å². The molecule has 1 aromatic rings. The molecule has 118 valence electrons. The first-order chi connectivity index (χ1) is 10.1. The molecule has 1 aliphatic rings. The van der Waals surface area contributed by atoms with Crippen LogP contribution in [0.3, 0.4) is 0 Å². The number of benzene rings is 1. The van der Waals surface area contributed by atoms with Crippen molar-refractivity contribution in [1.82, 2.24) is 10.2 Å². The second-order valence-electron chi connectivity index (χ2n) is 6.70. The van der Waals surface area contributed by atoms with Crippen molar-refractivity contribution in [3.05, 3.63) is 34.9 Å². The van der Waals surface area contributed by atoms with E-state index in [2.05, 4.69) is 56.2 Å². The van der Waals surface area contributed by atoms with Crippen molar-refractivity contribution < 1.29 is 0 Å². The van der Waals surface area contributed by atoms with E-state index in [0.29, 0.717) is 6.04 Å². The maximum Gasteiger partial charge on any atom is 0.0451 e. The summed E-state index contributed by atoms with van der Waals surface area (Å²) in [5.74, 6) is 0. The summed E-state index contributed by atoms with van der Waals surface area (Å²) in [7, 11) is 2.31. The molecule has 0 saturated heterocycles. The molecule has 0 bridgehead atoms. The maximum absolute atomic E-state index is 3.69. The Bertz CT molecular complexity index is 435. The molecule has 1 unspecified atom stereocenters. The summed E-state index contributed by atoms with van der Waals surface area (Å²) in [4.78, 5) is 2.59. The van der Waals surface area contributed by atoms with Gasteiger partial charge >= 0.3 is 0 Å². The van der Waals surface area contributed by atoms with Gasteiger partial charge in [-0.3, -0.25) is 0 Å². The van der Waals surface area contributed by atoms with Gasteiger partial charge in [-0.15, -0.1) is 0 Å². The lowest BCUT2D eigenvalue weighted by Crippen LogP contribution is -2.40. The predicted molar refractivity (Wildman–Crippen MR) is 91.8 cm³/mol. The Morgan fingerprint density at radius 2 is 1.90 bits per heavy atom. The average molecular weight is 288 g/mol. The van der Waals surface area contributed by atoms with Gasteiger partial charge in [0.15, 0.2) is 0 Å². The van der Waals surface area contributed by atoms with Crippen molar-refractivity contribution in [2.45, 2.75) is 65.0 Å². The summed E-state index contributed by atoms with van der Waals surface area (Å²) < 4.78 is 0. The number of likely N-dealkylation sites (N-methyl/N-ethyl adjacent to an activating group) is 2. The highest BCUT2D eigenvalue weighted by molar-refractivity contribution is 5.33. The molecule has 0 spiro atoms. The van der Waals surface area contributed by atoms with Crippen LogP contribution in [0.25, 0.3) is 0 Å². The van der Waals surface area contributed by atoms with E-state index in [9.17, 15) is 0 Å². The zero-order valence-corrected chi connectivity index (χ0v) is 14.3. The molecular formula is C19H32N2. The monoisotopic (exact) mass is 288 g/mol. The van der Waals surface area contributed by atoms with E-state index >= 15 is 0 Å². The van der Waals surface area contributed by atoms with Crippen molar-refractivity contribution in [2.24, 2.45) is 0 Å². The summed E-state index contributed by atoms with van der Waals surface area (Å²) in [5, 5.41) is 3.69. The largest absolute Gasteiger partial charge is 0.309 e. The Hall–Kier alpha value is -0.860. The first-order valence-corrected chi connectivity index (χ1v) is 8.62. The normalized spacial score (nSPS) is 18.1. The van der Waals surface area contributed by atoms with Gasteiger partial charge in [0.25, 0.3) is 0 Å². The van der Waals surface area contributed by atoms with Gasteiger partial charge in [0, 0.05) is 18.6 Å². The van der Waals surface area contributed by atoms with Crippen LogP contribution in [-0.2, 0) is 0 Å². The van der Waals surface area contributed by atoms with E-state index in [4.69, 9.17) is 0 Å². The van der Waals surface area contributed by atoms with E-state index < -0.39 is 0 Å². The molecule has 0 radical (unpaired) electrons. The molecule has 1 fully saturated rings. The number of hydrogen-bond donors (Lipinski definition) is 1. The molecule has 1 N–H and O–H groups in total. The molecule has 21 heavy (non-hydrogen) atoms. The van der Waals surface area contributed by atoms with Crippen LogP contribution in [0.4, 0.5) is 0 Å². The van der Waals surface area contributed by atoms with E-state index in [1.54, 1.807) is 0 Å². The fraction of sp³-hybridized carbons (Fsp3) is 0.684. The molecule has 1 saturated carbocycles. The molecule has 0 aliphatic heterocycles. The molecule has 2 heteroatoms. The van der Waals surface area contributed by atoms with Crippen molar-refractivity contribution in [3.8, 4) is 0 Å². The van der Waals surface area contributed by atoms with Gasteiger partial charge in [-0.25, -0.2) is 0 Å². The van der Waals surface area contributed by atoms with Crippen molar-refractivity contribution in [1.29, 1.82) is 0 Å². The maximum atomic E-state index is 3.69. The van der Waals surface area contributed by atoms with E-state index in [-0.39, 0.29) is 0 Å². The molecule has 0 amide bonds. The topological polar surface area (TPSA) is 15.3 Å². The highest BCUT2D eigenvalue weighted by atomic mass is 15.2. The molecule has 0 heterocycles. The van der Waals surface area contributed by atoms with Gasteiger partial charge in [0.2, 0.25) is 0 Å². The lowest BCUT2D eigenvalue weighted by atomic mass is 9.93.